The van der Waals surface area contributed by atoms with Crippen molar-refractivity contribution in [3.8, 4) is 0 Å². The number of aromatic amines is 2. The van der Waals surface area contributed by atoms with Gasteiger partial charge in [-0.25, -0.2) is 20.9 Å². The van der Waals surface area contributed by atoms with Crippen LogP contribution in [0.15, 0.2) is 15.7 Å². The van der Waals surface area contributed by atoms with Crippen LogP contribution in [0.4, 0.5) is 5.82 Å². The van der Waals surface area contributed by atoms with Crippen LogP contribution in [-0.4, -0.2) is 44.3 Å². The molecule has 0 aromatic carbocycles. The monoisotopic (exact) mass is 434 g/mol. The molecule has 170 valence electrons. The summed E-state index contributed by atoms with van der Waals surface area (Å²) in [6.45, 7) is 7.37. The minimum absolute atomic E-state index is 0.0566. The average Bonchev–Trinajstić information content (AvgIpc) is 2.73. The molecule has 2 amide bonds. The number of fused-ring (bicyclic) bond motifs is 1. The van der Waals surface area contributed by atoms with Gasteiger partial charge in [0.25, 0.3) is 11.1 Å². The van der Waals surface area contributed by atoms with Crippen molar-refractivity contribution in [2.45, 2.75) is 58.8 Å². The fraction of sp³-hybridized carbons (Fsp3) is 0.550. The van der Waals surface area contributed by atoms with Crippen LogP contribution in [0, 0.1) is 5.92 Å². The maximum absolute atomic E-state index is 13.2. The van der Waals surface area contributed by atoms with E-state index in [4.69, 9.17) is 5.84 Å². The number of H-pyrrole nitrogens is 2. The van der Waals surface area contributed by atoms with E-state index in [0.717, 1.165) is 17.9 Å². The summed E-state index contributed by atoms with van der Waals surface area (Å²) in [6.07, 6.45) is 3.04. The van der Waals surface area contributed by atoms with Gasteiger partial charge >= 0.3 is 0 Å². The molecule has 0 aliphatic rings. The molecule has 31 heavy (non-hydrogen) atoms. The number of amides is 2. The fourth-order valence-corrected chi connectivity index (χ4v) is 3.24. The number of hydrogen-bond acceptors (Lipinski definition) is 7. The van der Waals surface area contributed by atoms with Crippen LogP contribution in [0.5, 0.6) is 0 Å². The van der Waals surface area contributed by atoms with Crippen molar-refractivity contribution in [2.24, 2.45) is 11.8 Å². The van der Waals surface area contributed by atoms with Crippen LogP contribution >= 0.6 is 0 Å². The highest BCUT2D eigenvalue weighted by atomic mass is 16.5. The molecule has 0 aliphatic carbocycles. The lowest BCUT2D eigenvalue weighted by molar-refractivity contribution is -0.154. The highest BCUT2D eigenvalue weighted by molar-refractivity contribution is 6.01. The number of hydroxylamine groups is 2. The first-order chi connectivity index (χ1) is 14.5. The molecule has 0 unspecified atom stereocenters. The number of carbonyl (C=O) groups excluding carboxylic acids is 2. The number of pyridine rings is 1. The molecule has 2 rings (SSSR count). The Balaban J connectivity index is 2.60. The fourth-order valence-electron chi connectivity index (χ4n) is 3.24. The molecular formula is C20H30N6O5. The van der Waals surface area contributed by atoms with Crippen LogP contribution in [-0.2, 0) is 15.0 Å². The summed E-state index contributed by atoms with van der Waals surface area (Å²) < 4.78 is 0. The highest BCUT2D eigenvalue weighted by Crippen LogP contribution is 2.28. The Bertz CT molecular complexity index is 1050. The standard InChI is InChI=1S/C20H30N6O5/c1-5-6-7-8-12(10-25(31)11-27)19(30)26(21)16-15-13(17(28)23-24-18(15)29)9-14(22-16)20(2,3)4/h9,11-12,31H,5-8,10,21H2,1-4H3,(H,23,28)(H,24,29)/t12-/m0/s1. The second kappa shape index (κ2) is 9.84. The van der Waals surface area contributed by atoms with Crippen molar-refractivity contribution < 1.29 is 14.8 Å². The molecule has 0 bridgehead atoms. The molecule has 0 aliphatic heterocycles. The normalized spacial score (nSPS) is 12.6. The minimum Gasteiger partial charge on any atom is -0.286 e. The Hall–Kier alpha value is -3.05. The Kier molecular flexibility index (Phi) is 7.69. The van der Waals surface area contributed by atoms with E-state index < -0.39 is 28.4 Å². The molecule has 5 N–H and O–H groups in total. The molecule has 2 heterocycles. The number of hydrazine groups is 1. The third-order valence-electron chi connectivity index (χ3n) is 5.03. The van der Waals surface area contributed by atoms with Gasteiger partial charge in [-0.05, 0) is 12.5 Å². The second-order valence-electron chi connectivity index (χ2n) is 8.54. The Morgan fingerprint density at radius 2 is 1.90 bits per heavy atom. The van der Waals surface area contributed by atoms with Crippen LogP contribution < -0.4 is 22.0 Å². The van der Waals surface area contributed by atoms with Gasteiger partial charge in [-0.3, -0.25) is 34.6 Å². The molecule has 2 aromatic rings. The topological polar surface area (TPSA) is 165 Å². The van der Waals surface area contributed by atoms with E-state index in [2.05, 4.69) is 15.2 Å². The number of hydrogen-bond donors (Lipinski definition) is 4. The van der Waals surface area contributed by atoms with Gasteiger partial charge in [-0.2, -0.15) is 0 Å². The number of carbonyl (C=O) groups is 2. The van der Waals surface area contributed by atoms with Crippen LogP contribution in [0.3, 0.4) is 0 Å². The molecule has 0 saturated carbocycles. The highest BCUT2D eigenvalue weighted by Gasteiger charge is 2.29. The van der Waals surface area contributed by atoms with E-state index in [1.54, 1.807) is 0 Å². The zero-order chi connectivity index (χ0) is 23.3. The minimum atomic E-state index is -0.817. The van der Waals surface area contributed by atoms with Crippen molar-refractivity contribution in [1.29, 1.82) is 0 Å². The summed E-state index contributed by atoms with van der Waals surface area (Å²) in [4.78, 5) is 53.4. The van der Waals surface area contributed by atoms with E-state index in [0.29, 0.717) is 23.6 Å². The Labute approximate surface area is 179 Å². The van der Waals surface area contributed by atoms with Crippen molar-refractivity contribution in [3.63, 3.8) is 0 Å². The van der Waals surface area contributed by atoms with E-state index in [1.165, 1.54) is 6.07 Å². The van der Waals surface area contributed by atoms with Crippen molar-refractivity contribution in [3.05, 3.63) is 32.5 Å². The van der Waals surface area contributed by atoms with Crippen molar-refractivity contribution in [1.82, 2.24) is 20.2 Å². The van der Waals surface area contributed by atoms with E-state index in [-0.39, 0.29) is 29.5 Å². The van der Waals surface area contributed by atoms with Gasteiger partial charge in [0.1, 0.15) is 0 Å². The molecule has 0 radical (unpaired) electrons. The zero-order valence-electron chi connectivity index (χ0n) is 18.3. The lowest BCUT2D eigenvalue weighted by Crippen LogP contribution is -2.46. The molecule has 2 aromatic heterocycles. The first kappa shape index (κ1) is 24.2. The quantitative estimate of drug-likeness (QED) is 0.115. The lowest BCUT2D eigenvalue weighted by Gasteiger charge is -2.26. The summed E-state index contributed by atoms with van der Waals surface area (Å²) in [7, 11) is 0. The number of unbranched alkanes of at least 4 members (excludes halogenated alkanes) is 2. The first-order valence-corrected chi connectivity index (χ1v) is 10.2. The number of nitrogens with one attached hydrogen (secondary N) is 2. The number of anilines is 1. The Morgan fingerprint density at radius 3 is 2.48 bits per heavy atom. The van der Waals surface area contributed by atoms with Crippen LogP contribution in [0.2, 0.25) is 0 Å². The summed E-state index contributed by atoms with van der Waals surface area (Å²) >= 11 is 0. The maximum atomic E-state index is 13.2. The van der Waals surface area contributed by atoms with Gasteiger partial charge in [0, 0.05) is 11.1 Å². The van der Waals surface area contributed by atoms with E-state index in [9.17, 15) is 24.4 Å². The third kappa shape index (κ3) is 5.56. The van der Waals surface area contributed by atoms with Crippen LogP contribution in [0.1, 0.15) is 59.1 Å². The van der Waals surface area contributed by atoms with Crippen molar-refractivity contribution >= 4 is 28.9 Å². The summed E-state index contributed by atoms with van der Waals surface area (Å²) in [6, 6.07) is 1.51. The lowest BCUT2D eigenvalue weighted by atomic mass is 9.90. The van der Waals surface area contributed by atoms with Gasteiger partial charge in [-0.15, -0.1) is 0 Å². The second-order valence-corrected chi connectivity index (χ2v) is 8.54. The smallest absolute Gasteiger partial charge is 0.274 e. The van der Waals surface area contributed by atoms with E-state index >= 15 is 0 Å². The Morgan fingerprint density at radius 1 is 1.26 bits per heavy atom. The first-order valence-electron chi connectivity index (χ1n) is 10.2. The summed E-state index contributed by atoms with van der Waals surface area (Å²) in [5, 5.41) is 15.2. The average molecular weight is 434 g/mol. The van der Waals surface area contributed by atoms with E-state index in [1.807, 2.05) is 27.7 Å². The number of nitrogens with two attached hydrogens (primary N) is 1. The van der Waals surface area contributed by atoms with Gasteiger partial charge in [0.15, 0.2) is 5.82 Å². The van der Waals surface area contributed by atoms with Gasteiger partial charge in [0.2, 0.25) is 12.3 Å². The molecule has 11 heteroatoms. The van der Waals surface area contributed by atoms with Crippen molar-refractivity contribution in [2.75, 3.05) is 11.6 Å². The predicted octanol–water partition coefficient (Wildman–Crippen LogP) is 1.16. The molecule has 1 atom stereocenters. The van der Waals surface area contributed by atoms with Gasteiger partial charge in [0.05, 0.1) is 23.2 Å². The summed E-state index contributed by atoms with van der Waals surface area (Å²) in [5.41, 5.74) is -1.23. The molecule has 0 saturated heterocycles. The van der Waals surface area contributed by atoms with Gasteiger partial charge < -0.3 is 0 Å². The molecule has 0 fully saturated rings. The number of rotatable bonds is 9. The summed E-state index contributed by atoms with van der Waals surface area (Å²) in [5.74, 6) is 4.52. The maximum Gasteiger partial charge on any atom is 0.274 e. The predicted molar refractivity (Wildman–Crippen MR) is 116 cm³/mol. The number of nitrogens with zero attached hydrogens (tertiary/aromatic N) is 3. The molecule has 0 spiro atoms. The molecule has 11 nitrogen and oxygen atoms in total. The number of aromatic nitrogens is 3. The zero-order valence-corrected chi connectivity index (χ0v) is 18.3. The SMILES string of the molecule is CCCCC[C@@H](CN(O)C=O)C(=O)N(N)c1nc(C(C)(C)C)cc2c(=O)[nH][nH]c(=O)c12. The van der Waals surface area contributed by atoms with Gasteiger partial charge in [-0.1, -0.05) is 47.0 Å². The van der Waals surface area contributed by atoms with Crippen LogP contribution in [0.25, 0.3) is 10.8 Å². The molecular weight excluding hydrogens is 404 g/mol. The largest absolute Gasteiger partial charge is 0.286 e. The third-order valence-corrected chi connectivity index (χ3v) is 5.03.